The van der Waals surface area contributed by atoms with E-state index in [0.717, 1.165) is 35.3 Å². The monoisotopic (exact) mass is 557 g/mol. The Kier molecular flexibility index (Phi) is 11.7. The molecular weight excluding hydrogens is 521 g/mol. The number of nitrogens with two attached hydrogens (primary N) is 1. The first-order chi connectivity index (χ1) is 18.7. The highest BCUT2D eigenvalue weighted by Gasteiger charge is 2.24. The van der Waals surface area contributed by atoms with Gasteiger partial charge in [0.05, 0.1) is 38.5 Å². The lowest BCUT2D eigenvalue weighted by atomic mass is 9.94. The summed E-state index contributed by atoms with van der Waals surface area (Å²) < 4.78 is 25.9. The Morgan fingerprint density at radius 1 is 1.13 bits per heavy atom. The summed E-state index contributed by atoms with van der Waals surface area (Å²) in [6, 6.07) is 20.9. The molecule has 210 valence electrons. The van der Waals surface area contributed by atoms with Crippen LogP contribution < -0.4 is 15.4 Å². The number of aliphatic hydroxyl groups excluding tert-OH is 1. The van der Waals surface area contributed by atoms with Crippen molar-refractivity contribution in [2.24, 2.45) is 5.73 Å². The van der Waals surface area contributed by atoms with Crippen molar-refractivity contribution in [2.45, 2.75) is 38.0 Å². The van der Waals surface area contributed by atoms with E-state index in [1.807, 2.05) is 43.3 Å². The molecule has 1 amide bonds. The second-order valence-electron chi connectivity index (χ2n) is 9.44. The zero-order valence-corrected chi connectivity index (χ0v) is 23.2. The Balaban J connectivity index is 1.70. The number of aliphatic hydroxyl groups is 1. The Morgan fingerprint density at radius 3 is 2.51 bits per heavy atom. The lowest BCUT2D eigenvalue weighted by molar-refractivity contribution is -0.160. The molecule has 10 heteroatoms. The van der Waals surface area contributed by atoms with E-state index in [4.69, 9.17) is 14.8 Å². The molecule has 0 radical (unpaired) electrons. The van der Waals surface area contributed by atoms with E-state index in [2.05, 4.69) is 10.2 Å². The number of aryl methyl sites for hydroxylation is 1. The van der Waals surface area contributed by atoms with Crippen molar-refractivity contribution in [3.8, 4) is 0 Å². The fourth-order valence-corrected chi connectivity index (χ4v) is 4.25. The molecular formula is C29H36FN3O5S. The van der Waals surface area contributed by atoms with Crippen LogP contribution in [0.2, 0.25) is 0 Å². The van der Waals surface area contributed by atoms with Crippen LogP contribution in [0.25, 0.3) is 0 Å². The zero-order valence-electron chi connectivity index (χ0n) is 22.4. The van der Waals surface area contributed by atoms with Gasteiger partial charge in [-0.3, -0.25) is 9.10 Å². The van der Waals surface area contributed by atoms with Crippen LogP contribution in [0.3, 0.4) is 0 Å². The average Bonchev–Trinajstić information content (AvgIpc) is 2.95. The molecule has 0 spiro atoms. The summed E-state index contributed by atoms with van der Waals surface area (Å²) in [4.78, 5) is 17.8. The predicted molar refractivity (Wildman–Crippen MR) is 151 cm³/mol. The normalized spacial score (nSPS) is 13.5. The molecule has 0 saturated heterocycles. The van der Waals surface area contributed by atoms with Gasteiger partial charge in [0.15, 0.2) is 12.2 Å². The lowest BCUT2D eigenvalue weighted by Gasteiger charge is -2.27. The average molecular weight is 558 g/mol. The van der Waals surface area contributed by atoms with Crippen molar-refractivity contribution in [3.05, 3.63) is 101 Å². The van der Waals surface area contributed by atoms with Crippen LogP contribution >= 0.6 is 12.2 Å². The maximum Gasteiger partial charge on any atom is 0.251 e. The SMILES string of the molecule is COOSN(C)c1cc(COCC(N)(CO)CCc2ccccc2)cc(C(=O)N[C@H](C)c2ccc(F)cc2)c1. The summed E-state index contributed by atoms with van der Waals surface area (Å²) in [5.74, 6) is -0.636. The number of carbonyl (C=O) groups is 1. The summed E-state index contributed by atoms with van der Waals surface area (Å²) in [6.07, 6.45) is 1.27. The number of hydrogen-bond donors (Lipinski definition) is 3. The van der Waals surface area contributed by atoms with Gasteiger partial charge in [-0.25, -0.2) is 9.28 Å². The van der Waals surface area contributed by atoms with E-state index in [-0.39, 0.29) is 37.6 Å². The maximum absolute atomic E-state index is 13.3. The Hall–Kier alpha value is -2.99. The molecule has 8 nitrogen and oxygen atoms in total. The number of benzene rings is 3. The maximum atomic E-state index is 13.3. The number of amides is 1. The number of nitrogens with zero attached hydrogens (tertiary/aromatic N) is 1. The van der Waals surface area contributed by atoms with E-state index in [1.54, 1.807) is 35.6 Å². The number of ether oxygens (including phenoxy) is 1. The van der Waals surface area contributed by atoms with Crippen LogP contribution in [0.4, 0.5) is 10.1 Å². The van der Waals surface area contributed by atoms with Gasteiger partial charge in [-0.1, -0.05) is 42.5 Å². The third-order valence-electron chi connectivity index (χ3n) is 6.26. The minimum atomic E-state index is -0.906. The summed E-state index contributed by atoms with van der Waals surface area (Å²) in [7, 11) is 3.17. The molecule has 0 aliphatic carbocycles. The van der Waals surface area contributed by atoms with E-state index < -0.39 is 5.54 Å². The molecule has 0 aliphatic rings. The third kappa shape index (κ3) is 9.61. The fourth-order valence-electron chi connectivity index (χ4n) is 3.91. The van der Waals surface area contributed by atoms with Crippen LogP contribution in [0.15, 0.2) is 72.8 Å². The molecule has 0 bridgehead atoms. The predicted octanol–water partition coefficient (Wildman–Crippen LogP) is 4.73. The Labute approximate surface area is 233 Å². The van der Waals surface area contributed by atoms with Gasteiger partial charge in [0.1, 0.15) is 5.82 Å². The molecule has 0 fully saturated rings. The van der Waals surface area contributed by atoms with Crippen molar-refractivity contribution in [3.63, 3.8) is 0 Å². The Morgan fingerprint density at radius 2 is 1.85 bits per heavy atom. The molecule has 0 aliphatic heterocycles. The largest absolute Gasteiger partial charge is 0.394 e. The highest BCUT2D eigenvalue weighted by atomic mass is 32.2. The van der Waals surface area contributed by atoms with E-state index in [9.17, 15) is 14.3 Å². The minimum absolute atomic E-state index is 0.140. The van der Waals surface area contributed by atoms with Crippen LogP contribution in [-0.4, -0.2) is 43.9 Å². The zero-order chi connectivity index (χ0) is 28.3. The second kappa shape index (κ2) is 15.0. The molecule has 39 heavy (non-hydrogen) atoms. The van der Waals surface area contributed by atoms with Crippen LogP contribution in [0.5, 0.6) is 0 Å². The molecule has 0 heterocycles. The van der Waals surface area contributed by atoms with Crippen molar-refractivity contribution in [2.75, 3.05) is 31.7 Å². The number of nitrogens with one attached hydrogen (secondary N) is 1. The number of halogens is 1. The topological polar surface area (TPSA) is 106 Å². The van der Waals surface area contributed by atoms with Gasteiger partial charge in [-0.05, 0) is 66.8 Å². The van der Waals surface area contributed by atoms with Gasteiger partial charge in [-0.15, -0.1) is 4.33 Å². The summed E-state index contributed by atoms with van der Waals surface area (Å²) in [5, 5.41) is 12.9. The first-order valence-electron chi connectivity index (χ1n) is 12.6. The lowest BCUT2D eigenvalue weighted by Crippen LogP contribution is -2.48. The third-order valence-corrected chi connectivity index (χ3v) is 6.89. The molecule has 4 N–H and O–H groups in total. The van der Waals surface area contributed by atoms with E-state index in [0.29, 0.717) is 17.7 Å². The Bertz CT molecular complexity index is 1190. The van der Waals surface area contributed by atoms with Crippen molar-refractivity contribution >= 4 is 23.8 Å². The molecule has 3 rings (SSSR count). The molecule has 3 aromatic carbocycles. The van der Waals surface area contributed by atoms with Gasteiger partial charge >= 0.3 is 0 Å². The van der Waals surface area contributed by atoms with Crippen LogP contribution in [-0.2, 0) is 27.0 Å². The molecule has 3 aromatic rings. The van der Waals surface area contributed by atoms with E-state index >= 15 is 0 Å². The van der Waals surface area contributed by atoms with Crippen molar-refractivity contribution < 1.29 is 28.2 Å². The van der Waals surface area contributed by atoms with Gasteiger partial charge < -0.3 is 20.9 Å². The highest BCUT2D eigenvalue weighted by molar-refractivity contribution is 7.95. The quantitative estimate of drug-likeness (QED) is 0.107. The van der Waals surface area contributed by atoms with Crippen LogP contribution in [0, 0.1) is 5.82 Å². The molecule has 0 saturated carbocycles. The number of hydrogen-bond acceptors (Lipinski definition) is 8. The first-order valence-corrected chi connectivity index (χ1v) is 13.3. The first kappa shape index (κ1) is 30.6. The molecule has 2 atom stereocenters. The number of anilines is 1. The van der Waals surface area contributed by atoms with Crippen LogP contribution in [0.1, 0.15) is 46.4 Å². The van der Waals surface area contributed by atoms with Crippen molar-refractivity contribution in [1.29, 1.82) is 0 Å². The molecule has 1 unspecified atom stereocenters. The summed E-state index contributed by atoms with van der Waals surface area (Å²) >= 11 is 0.957. The fraction of sp³-hybridized carbons (Fsp3) is 0.345. The minimum Gasteiger partial charge on any atom is -0.394 e. The van der Waals surface area contributed by atoms with Gasteiger partial charge in [0.25, 0.3) is 5.91 Å². The van der Waals surface area contributed by atoms with E-state index in [1.165, 1.54) is 19.2 Å². The highest BCUT2D eigenvalue weighted by Crippen LogP contribution is 2.26. The molecule has 0 aromatic heterocycles. The second-order valence-corrected chi connectivity index (χ2v) is 10.3. The van der Waals surface area contributed by atoms with Gasteiger partial charge in [0.2, 0.25) is 0 Å². The van der Waals surface area contributed by atoms with Crippen molar-refractivity contribution in [1.82, 2.24) is 5.32 Å². The smallest absolute Gasteiger partial charge is 0.251 e. The number of rotatable bonds is 15. The standard InChI is InChI=1S/C29H36FN3O5S/c1-21(24-9-11-26(30)12-10-24)32-28(35)25-15-23(16-27(17-25)33(2)39-38-36-3)18-37-20-29(31,19-34)14-13-22-7-5-4-6-8-22/h4-12,15-17,21,34H,13-14,18-20,31H2,1-3H3,(H,32,35)/t21-,29?/m1/s1. The summed E-state index contributed by atoms with van der Waals surface area (Å²) in [6.45, 7) is 1.93. The summed E-state index contributed by atoms with van der Waals surface area (Å²) in [5.41, 5.74) is 9.28. The van der Waals surface area contributed by atoms with Gasteiger partial charge in [-0.2, -0.15) is 0 Å². The van der Waals surface area contributed by atoms with Gasteiger partial charge in [0, 0.05) is 18.3 Å². The number of carbonyl (C=O) groups excluding carboxylic acids is 1.